The monoisotopic (exact) mass is 274 g/mol. The minimum absolute atomic E-state index is 0.242. The summed E-state index contributed by atoms with van der Waals surface area (Å²) in [6.07, 6.45) is 2.41. The SMILES string of the molecule is CCCNc1cccc(C(=O)NC(C)c2ncn[nH]2)n1. The summed E-state index contributed by atoms with van der Waals surface area (Å²) in [5, 5.41) is 12.5. The number of aromatic nitrogens is 4. The molecule has 2 heterocycles. The first-order valence-corrected chi connectivity index (χ1v) is 6.57. The second kappa shape index (κ2) is 6.65. The van der Waals surface area contributed by atoms with Crippen LogP contribution in [0.2, 0.25) is 0 Å². The zero-order valence-corrected chi connectivity index (χ0v) is 11.6. The summed E-state index contributed by atoms with van der Waals surface area (Å²) in [5.74, 6) is 1.07. The number of rotatable bonds is 6. The van der Waals surface area contributed by atoms with E-state index in [1.807, 2.05) is 13.0 Å². The van der Waals surface area contributed by atoms with E-state index in [0.717, 1.165) is 13.0 Å². The van der Waals surface area contributed by atoms with E-state index in [4.69, 9.17) is 0 Å². The third-order valence-electron chi connectivity index (χ3n) is 2.73. The summed E-state index contributed by atoms with van der Waals surface area (Å²) in [4.78, 5) is 20.4. The van der Waals surface area contributed by atoms with E-state index in [0.29, 0.717) is 17.3 Å². The quantitative estimate of drug-likeness (QED) is 0.742. The van der Waals surface area contributed by atoms with Gasteiger partial charge in [0, 0.05) is 6.54 Å². The lowest BCUT2D eigenvalue weighted by Crippen LogP contribution is -2.28. The summed E-state index contributed by atoms with van der Waals surface area (Å²) in [6, 6.07) is 5.07. The highest BCUT2D eigenvalue weighted by Gasteiger charge is 2.14. The maximum Gasteiger partial charge on any atom is 0.270 e. The number of H-pyrrole nitrogens is 1. The topological polar surface area (TPSA) is 95.6 Å². The van der Waals surface area contributed by atoms with Gasteiger partial charge in [0.05, 0.1) is 6.04 Å². The first-order chi connectivity index (χ1) is 9.70. The Balaban J connectivity index is 2.01. The van der Waals surface area contributed by atoms with Gasteiger partial charge in [0.15, 0.2) is 0 Å². The fourth-order valence-corrected chi connectivity index (χ4v) is 1.68. The van der Waals surface area contributed by atoms with Gasteiger partial charge in [0.1, 0.15) is 23.7 Å². The second-order valence-electron chi connectivity index (χ2n) is 4.40. The first-order valence-electron chi connectivity index (χ1n) is 6.57. The van der Waals surface area contributed by atoms with Crippen LogP contribution in [0.1, 0.15) is 42.6 Å². The number of carbonyl (C=O) groups excluding carboxylic acids is 1. The summed E-state index contributed by atoms with van der Waals surface area (Å²) in [6.45, 7) is 4.73. The van der Waals surface area contributed by atoms with Crippen molar-refractivity contribution in [2.75, 3.05) is 11.9 Å². The molecule has 0 saturated carbocycles. The summed E-state index contributed by atoms with van der Waals surface area (Å²) >= 11 is 0. The molecule has 0 aromatic carbocycles. The molecule has 1 amide bonds. The van der Waals surface area contributed by atoms with Gasteiger partial charge in [-0.25, -0.2) is 9.97 Å². The molecule has 0 fully saturated rings. The summed E-state index contributed by atoms with van der Waals surface area (Å²) in [5.41, 5.74) is 0.373. The number of anilines is 1. The van der Waals surface area contributed by atoms with E-state index in [1.54, 1.807) is 12.1 Å². The summed E-state index contributed by atoms with van der Waals surface area (Å²) in [7, 11) is 0. The molecule has 2 aromatic rings. The second-order valence-corrected chi connectivity index (χ2v) is 4.40. The molecule has 7 nitrogen and oxygen atoms in total. The number of amides is 1. The molecular formula is C13H18N6O. The highest BCUT2D eigenvalue weighted by Crippen LogP contribution is 2.08. The highest BCUT2D eigenvalue weighted by atomic mass is 16.1. The van der Waals surface area contributed by atoms with Crippen LogP contribution in [0.4, 0.5) is 5.82 Å². The van der Waals surface area contributed by atoms with E-state index < -0.39 is 0 Å². The largest absolute Gasteiger partial charge is 0.370 e. The van der Waals surface area contributed by atoms with Gasteiger partial charge in [-0.15, -0.1) is 0 Å². The summed E-state index contributed by atoms with van der Waals surface area (Å²) < 4.78 is 0. The Bertz CT molecular complexity index is 554. The fraction of sp³-hybridized carbons (Fsp3) is 0.385. The van der Waals surface area contributed by atoms with E-state index in [2.05, 4.69) is 37.7 Å². The van der Waals surface area contributed by atoms with Crippen LogP contribution < -0.4 is 10.6 Å². The van der Waals surface area contributed by atoms with Crippen molar-refractivity contribution in [1.82, 2.24) is 25.5 Å². The molecule has 20 heavy (non-hydrogen) atoms. The van der Waals surface area contributed by atoms with Crippen LogP contribution >= 0.6 is 0 Å². The Morgan fingerprint density at radius 3 is 3.00 bits per heavy atom. The average molecular weight is 274 g/mol. The van der Waals surface area contributed by atoms with Gasteiger partial charge in [0.25, 0.3) is 5.91 Å². The molecule has 2 aromatic heterocycles. The Morgan fingerprint density at radius 2 is 2.30 bits per heavy atom. The number of hydrogen-bond acceptors (Lipinski definition) is 5. The predicted molar refractivity (Wildman–Crippen MR) is 75.3 cm³/mol. The van der Waals surface area contributed by atoms with Crippen LogP contribution in [0.5, 0.6) is 0 Å². The molecule has 106 valence electrons. The molecule has 0 aliphatic rings. The maximum absolute atomic E-state index is 12.1. The number of nitrogens with zero attached hydrogens (tertiary/aromatic N) is 3. The van der Waals surface area contributed by atoms with Gasteiger partial charge in [-0.2, -0.15) is 5.10 Å². The number of hydrogen-bond donors (Lipinski definition) is 3. The minimum Gasteiger partial charge on any atom is -0.370 e. The van der Waals surface area contributed by atoms with Gasteiger partial charge in [-0.05, 0) is 25.5 Å². The Kier molecular flexibility index (Phi) is 4.65. The molecule has 0 aliphatic carbocycles. The molecule has 0 saturated heterocycles. The van der Waals surface area contributed by atoms with Crippen molar-refractivity contribution in [3.8, 4) is 0 Å². The smallest absolute Gasteiger partial charge is 0.270 e. The molecule has 2 rings (SSSR count). The van der Waals surface area contributed by atoms with Crippen molar-refractivity contribution in [3.63, 3.8) is 0 Å². The van der Waals surface area contributed by atoms with Gasteiger partial charge in [-0.1, -0.05) is 13.0 Å². The molecule has 0 aliphatic heterocycles. The van der Waals surface area contributed by atoms with Crippen molar-refractivity contribution < 1.29 is 4.79 Å². The van der Waals surface area contributed by atoms with Crippen molar-refractivity contribution in [2.24, 2.45) is 0 Å². The van der Waals surface area contributed by atoms with Crippen LogP contribution in [0.15, 0.2) is 24.5 Å². The molecule has 0 bridgehead atoms. The minimum atomic E-state index is -0.251. The fourth-order valence-electron chi connectivity index (χ4n) is 1.68. The van der Waals surface area contributed by atoms with E-state index in [1.165, 1.54) is 6.33 Å². The van der Waals surface area contributed by atoms with Crippen molar-refractivity contribution in [3.05, 3.63) is 36.0 Å². The van der Waals surface area contributed by atoms with Gasteiger partial charge in [0.2, 0.25) is 0 Å². The van der Waals surface area contributed by atoms with Gasteiger partial charge in [-0.3, -0.25) is 9.89 Å². The zero-order valence-electron chi connectivity index (χ0n) is 11.6. The zero-order chi connectivity index (χ0) is 14.4. The molecule has 0 spiro atoms. The molecular weight excluding hydrogens is 256 g/mol. The number of pyridine rings is 1. The van der Waals surface area contributed by atoms with Crippen molar-refractivity contribution in [1.29, 1.82) is 0 Å². The number of carbonyl (C=O) groups is 1. The van der Waals surface area contributed by atoms with Crippen LogP contribution in [0.25, 0.3) is 0 Å². The Labute approximate surface area is 117 Å². The number of aromatic amines is 1. The third-order valence-corrected chi connectivity index (χ3v) is 2.73. The van der Waals surface area contributed by atoms with Crippen LogP contribution in [0.3, 0.4) is 0 Å². The molecule has 1 unspecified atom stereocenters. The highest BCUT2D eigenvalue weighted by molar-refractivity contribution is 5.92. The maximum atomic E-state index is 12.1. The molecule has 1 atom stereocenters. The van der Waals surface area contributed by atoms with Crippen molar-refractivity contribution in [2.45, 2.75) is 26.3 Å². The van der Waals surface area contributed by atoms with Crippen LogP contribution in [0, 0.1) is 0 Å². The third kappa shape index (κ3) is 3.53. The number of nitrogens with one attached hydrogen (secondary N) is 3. The standard InChI is InChI=1S/C13H18N6O/c1-3-7-14-11-6-4-5-10(18-11)13(20)17-9(2)12-15-8-16-19-12/h4-6,8-9H,3,7H2,1-2H3,(H,14,18)(H,17,20)(H,15,16,19). The van der Waals surface area contributed by atoms with E-state index in [-0.39, 0.29) is 11.9 Å². The lowest BCUT2D eigenvalue weighted by atomic mass is 10.2. The predicted octanol–water partition coefficient (Wildman–Crippen LogP) is 1.51. The van der Waals surface area contributed by atoms with E-state index >= 15 is 0 Å². The molecule has 3 N–H and O–H groups in total. The van der Waals surface area contributed by atoms with Crippen molar-refractivity contribution >= 4 is 11.7 Å². The Morgan fingerprint density at radius 1 is 1.45 bits per heavy atom. The first kappa shape index (κ1) is 14.0. The van der Waals surface area contributed by atoms with Gasteiger partial charge >= 0.3 is 0 Å². The lowest BCUT2D eigenvalue weighted by molar-refractivity contribution is 0.0933. The normalized spacial score (nSPS) is 11.9. The molecule has 0 radical (unpaired) electrons. The average Bonchev–Trinajstić information content (AvgIpc) is 2.99. The Hall–Kier alpha value is -2.44. The molecule has 7 heteroatoms. The van der Waals surface area contributed by atoms with Crippen LogP contribution in [-0.2, 0) is 0 Å². The lowest BCUT2D eigenvalue weighted by Gasteiger charge is -2.11. The van der Waals surface area contributed by atoms with E-state index in [9.17, 15) is 4.79 Å². The van der Waals surface area contributed by atoms with Crippen LogP contribution in [-0.4, -0.2) is 32.6 Å². The van der Waals surface area contributed by atoms with Gasteiger partial charge < -0.3 is 10.6 Å².